The van der Waals surface area contributed by atoms with Crippen LogP contribution in [0.25, 0.3) is 6.08 Å². The first kappa shape index (κ1) is 17.3. The molecular weight excluding hydrogens is 332 g/mol. The lowest BCUT2D eigenvalue weighted by molar-refractivity contribution is -0.129. The van der Waals surface area contributed by atoms with Crippen LogP contribution in [0.5, 0.6) is 0 Å². The predicted molar refractivity (Wildman–Crippen MR) is 102 cm³/mol. The maximum atomic E-state index is 12.6. The summed E-state index contributed by atoms with van der Waals surface area (Å²) in [4.78, 5) is 27.3. The summed E-state index contributed by atoms with van der Waals surface area (Å²) >= 11 is 1.59. The van der Waals surface area contributed by atoms with Crippen molar-refractivity contribution in [2.24, 2.45) is 0 Å². The second kappa shape index (κ2) is 7.57. The van der Waals surface area contributed by atoms with Crippen LogP contribution in [0.1, 0.15) is 30.5 Å². The van der Waals surface area contributed by atoms with Crippen molar-refractivity contribution in [3.05, 3.63) is 65.9 Å². The highest BCUT2D eigenvalue weighted by atomic mass is 32.2. The third kappa shape index (κ3) is 3.77. The minimum Gasteiger partial charge on any atom is -0.325 e. The Morgan fingerprint density at radius 1 is 1.12 bits per heavy atom. The quantitative estimate of drug-likeness (QED) is 0.834. The molecule has 0 fully saturated rings. The number of rotatable bonds is 4. The van der Waals surface area contributed by atoms with Crippen LogP contribution in [0.2, 0.25) is 0 Å². The van der Waals surface area contributed by atoms with E-state index in [1.807, 2.05) is 60.9 Å². The third-order valence-electron chi connectivity index (χ3n) is 4.23. The Bertz CT molecular complexity index is 832. The number of anilines is 1. The molecule has 0 bridgehead atoms. The molecule has 1 N–H and O–H groups in total. The van der Waals surface area contributed by atoms with E-state index in [1.165, 1.54) is 6.92 Å². The maximum Gasteiger partial charge on any atom is 0.226 e. The highest BCUT2D eigenvalue weighted by Crippen LogP contribution is 2.33. The fourth-order valence-corrected chi connectivity index (χ4v) is 3.59. The minimum absolute atomic E-state index is 0.0759. The molecule has 3 rings (SSSR count). The van der Waals surface area contributed by atoms with Crippen molar-refractivity contribution in [1.82, 2.24) is 4.90 Å². The molecule has 1 aliphatic heterocycles. The Hall–Kier alpha value is -2.53. The van der Waals surface area contributed by atoms with Gasteiger partial charge in [-0.25, -0.2) is 0 Å². The molecule has 0 spiro atoms. The first-order chi connectivity index (χ1) is 12.1. The van der Waals surface area contributed by atoms with Gasteiger partial charge in [-0.1, -0.05) is 36.4 Å². The summed E-state index contributed by atoms with van der Waals surface area (Å²) in [5, 5.41) is 2.98. The van der Waals surface area contributed by atoms with Crippen LogP contribution in [0.3, 0.4) is 0 Å². The summed E-state index contributed by atoms with van der Waals surface area (Å²) in [6, 6.07) is 15.3. The SMILES string of the molecule is CSc1ccccc1NC(=O)C[C@H]1c2ccccc2C=CN1C(C)=O. The van der Waals surface area contributed by atoms with Crippen LogP contribution in [-0.4, -0.2) is 23.0 Å². The summed E-state index contributed by atoms with van der Waals surface area (Å²) in [5.74, 6) is -0.184. The van der Waals surface area contributed by atoms with E-state index in [0.29, 0.717) is 0 Å². The van der Waals surface area contributed by atoms with Crippen molar-refractivity contribution in [2.45, 2.75) is 24.3 Å². The molecule has 0 radical (unpaired) electrons. The Labute approximate surface area is 151 Å². The Balaban J connectivity index is 1.83. The molecule has 0 aliphatic carbocycles. The van der Waals surface area contributed by atoms with Gasteiger partial charge in [-0.3, -0.25) is 9.59 Å². The van der Waals surface area contributed by atoms with Crippen molar-refractivity contribution in [3.63, 3.8) is 0 Å². The second-order valence-electron chi connectivity index (χ2n) is 5.84. The number of para-hydroxylation sites is 1. The van der Waals surface area contributed by atoms with E-state index in [1.54, 1.807) is 22.9 Å². The van der Waals surface area contributed by atoms with Gasteiger partial charge in [0.2, 0.25) is 11.8 Å². The molecule has 2 amide bonds. The molecule has 128 valence electrons. The maximum absolute atomic E-state index is 12.6. The predicted octanol–water partition coefficient (Wildman–Crippen LogP) is 4.31. The average molecular weight is 352 g/mol. The number of amides is 2. The van der Waals surface area contributed by atoms with E-state index in [4.69, 9.17) is 0 Å². The average Bonchev–Trinajstić information content (AvgIpc) is 2.62. The van der Waals surface area contributed by atoms with E-state index < -0.39 is 0 Å². The molecule has 1 aliphatic rings. The van der Waals surface area contributed by atoms with Crippen LogP contribution >= 0.6 is 11.8 Å². The molecule has 0 unspecified atom stereocenters. The molecule has 25 heavy (non-hydrogen) atoms. The van der Waals surface area contributed by atoms with Gasteiger partial charge in [0, 0.05) is 18.0 Å². The molecule has 1 atom stereocenters. The van der Waals surface area contributed by atoms with Gasteiger partial charge in [0.25, 0.3) is 0 Å². The number of nitrogens with one attached hydrogen (secondary N) is 1. The number of nitrogens with zero attached hydrogens (tertiary/aromatic N) is 1. The van der Waals surface area contributed by atoms with Gasteiger partial charge < -0.3 is 10.2 Å². The molecule has 2 aromatic rings. The lowest BCUT2D eigenvalue weighted by Crippen LogP contribution is -2.33. The van der Waals surface area contributed by atoms with Gasteiger partial charge in [0.15, 0.2) is 0 Å². The monoisotopic (exact) mass is 352 g/mol. The summed E-state index contributed by atoms with van der Waals surface area (Å²) in [6.07, 6.45) is 5.86. The fourth-order valence-electron chi connectivity index (χ4n) is 3.04. The zero-order chi connectivity index (χ0) is 17.8. The lowest BCUT2D eigenvalue weighted by Gasteiger charge is -2.32. The van der Waals surface area contributed by atoms with Gasteiger partial charge in [-0.15, -0.1) is 11.8 Å². The summed E-state index contributed by atoms with van der Waals surface area (Å²) in [6.45, 7) is 1.52. The zero-order valence-electron chi connectivity index (χ0n) is 14.2. The van der Waals surface area contributed by atoms with Crippen molar-refractivity contribution in [2.75, 3.05) is 11.6 Å². The second-order valence-corrected chi connectivity index (χ2v) is 6.69. The topological polar surface area (TPSA) is 49.4 Å². The smallest absolute Gasteiger partial charge is 0.226 e. The number of hydrogen-bond donors (Lipinski definition) is 1. The Kier molecular flexibility index (Phi) is 5.24. The molecule has 4 nitrogen and oxygen atoms in total. The van der Waals surface area contributed by atoms with Crippen molar-refractivity contribution >= 4 is 35.3 Å². The Morgan fingerprint density at radius 3 is 2.60 bits per heavy atom. The number of benzene rings is 2. The number of thioether (sulfide) groups is 1. The van der Waals surface area contributed by atoms with E-state index >= 15 is 0 Å². The molecular formula is C20H20N2O2S. The van der Waals surface area contributed by atoms with Crippen LogP contribution in [0, 0.1) is 0 Å². The van der Waals surface area contributed by atoms with Crippen molar-refractivity contribution < 1.29 is 9.59 Å². The van der Waals surface area contributed by atoms with Crippen LogP contribution < -0.4 is 5.32 Å². The number of fused-ring (bicyclic) bond motifs is 1. The molecule has 5 heteroatoms. The van der Waals surface area contributed by atoms with Crippen LogP contribution in [-0.2, 0) is 9.59 Å². The minimum atomic E-state index is -0.292. The summed E-state index contributed by atoms with van der Waals surface area (Å²) in [5.41, 5.74) is 2.84. The number of carbonyl (C=O) groups excluding carboxylic acids is 2. The molecule has 1 heterocycles. The largest absolute Gasteiger partial charge is 0.325 e. The molecule has 0 aromatic heterocycles. The van der Waals surface area contributed by atoms with Crippen molar-refractivity contribution in [1.29, 1.82) is 0 Å². The molecule has 0 saturated carbocycles. The van der Waals surface area contributed by atoms with Crippen molar-refractivity contribution in [3.8, 4) is 0 Å². The summed E-state index contributed by atoms with van der Waals surface area (Å²) in [7, 11) is 0. The number of hydrogen-bond acceptors (Lipinski definition) is 3. The van der Waals surface area contributed by atoms with E-state index in [-0.39, 0.29) is 24.3 Å². The highest BCUT2D eigenvalue weighted by Gasteiger charge is 2.28. The third-order valence-corrected chi connectivity index (χ3v) is 5.02. The van der Waals surface area contributed by atoms with E-state index in [2.05, 4.69) is 5.32 Å². The fraction of sp³-hybridized carbons (Fsp3) is 0.200. The number of carbonyl (C=O) groups is 2. The van der Waals surface area contributed by atoms with Crippen LogP contribution in [0.4, 0.5) is 5.69 Å². The first-order valence-electron chi connectivity index (χ1n) is 8.09. The first-order valence-corrected chi connectivity index (χ1v) is 9.31. The van der Waals surface area contributed by atoms with E-state index in [9.17, 15) is 9.59 Å². The Morgan fingerprint density at radius 2 is 1.84 bits per heavy atom. The lowest BCUT2D eigenvalue weighted by atomic mass is 9.93. The van der Waals surface area contributed by atoms with Gasteiger partial charge in [0.1, 0.15) is 0 Å². The van der Waals surface area contributed by atoms with E-state index in [0.717, 1.165) is 21.7 Å². The molecule has 2 aromatic carbocycles. The molecule has 0 saturated heterocycles. The van der Waals surface area contributed by atoms with Gasteiger partial charge in [0.05, 0.1) is 18.2 Å². The van der Waals surface area contributed by atoms with Gasteiger partial charge >= 0.3 is 0 Å². The normalized spacial score (nSPS) is 15.6. The van der Waals surface area contributed by atoms with Gasteiger partial charge in [-0.2, -0.15) is 0 Å². The highest BCUT2D eigenvalue weighted by molar-refractivity contribution is 7.98. The summed E-state index contributed by atoms with van der Waals surface area (Å²) < 4.78 is 0. The standard InChI is InChI=1S/C20H20N2O2S/c1-14(23)22-12-11-15-7-3-4-8-16(15)18(22)13-20(24)21-17-9-5-6-10-19(17)25-2/h3-12,18H,13H2,1-2H3,(H,21,24)/t18-/m0/s1. The zero-order valence-corrected chi connectivity index (χ0v) is 15.0. The van der Waals surface area contributed by atoms with Crippen LogP contribution in [0.15, 0.2) is 59.6 Å². The van der Waals surface area contributed by atoms with Gasteiger partial charge in [-0.05, 0) is 35.6 Å².